The van der Waals surface area contributed by atoms with E-state index in [2.05, 4.69) is 29.3 Å². The average molecular weight is 313 g/mol. The van der Waals surface area contributed by atoms with E-state index in [4.69, 9.17) is 10.5 Å². The third-order valence-electron chi connectivity index (χ3n) is 4.03. The Kier molecular flexibility index (Phi) is 4.09. The van der Waals surface area contributed by atoms with Crippen LogP contribution in [0.1, 0.15) is 35.5 Å². The van der Waals surface area contributed by atoms with Gasteiger partial charge in [0.25, 0.3) is 0 Å². The molecule has 0 saturated heterocycles. The largest absolute Gasteiger partial charge is 0.304 e. The summed E-state index contributed by atoms with van der Waals surface area (Å²) < 4.78 is 2.04. The summed E-state index contributed by atoms with van der Waals surface area (Å²) in [5, 5.41) is 26.5. The van der Waals surface area contributed by atoms with Crippen LogP contribution in [-0.4, -0.2) is 14.8 Å². The van der Waals surface area contributed by atoms with Gasteiger partial charge in [-0.15, -0.1) is 10.2 Å². The van der Waals surface area contributed by atoms with Gasteiger partial charge in [0.15, 0.2) is 5.82 Å². The molecule has 0 saturated carbocycles. The smallest absolute Gasteiger partial charge is 0.164 e. The first-order valence-electron chi connectivity index (χ1n) is 7.56. The Balaban J connectivity index is 2.06. The number of nitriles is 2. The minimum absolute atomic E-state index is 0.00786. The average Bonchev–Trinajstić information content (AvgIpc) is 3.02. The van der Waals surface area contributed by atoms with Crippen LogP contribution in [0.4, 0.5) is 0 Å². The molecule has 3 aromatic rings. The lowest BCUT2D eigenvalue weighted by molar-refractivity contribution is 0.624. The summed E-state index contributed by atoms with van der Waals surface area (Å²) in [6.07, 6.45) is 0. The van der Waals surface area contributed by atoms with Gasteiger partial charge in [-0.1, -0.05) is 24.3 Å². The summed E-state index contributed by atoms with van der Waals surface area (Å²) >= 11 is 0. The fraction of sp³-hybridized carbons (Fsp3) is 0.158. The van der Waals surface area contributed by atoms with E-state index in [0.29, 0.717) is 11.1 Å². The van der Waals surface area contributed by atoms with E-state index in [9.17, 15) is 0 Å². The molecule has 116 valence electrons. The molecule has 5 heteroatoms. The maximum Gasteiger partial charge on any atom is 0.164 e. The number of aryl methyl sites for hydroxylation is 1. The fourth-order valence-corrected chi connectivity index (χ4v) is 2.74. The quantitative estimate of drug-likeness (QED) is 0.740. The highest BCUT2D eigenvalue weighted by Gasteiger charge is 2.18. The SMILES string of the molecule is Cc1nnc(-c2cccc(C#N)c2)n1C(C)c1ccc(C#N)cc1. The predicted molar refractivity (Wildman–Crippen MR) is 89.9 cm³/mol. The van der Waals surface area contributed by atoms with Gasteiger partial charge < -0.3 is 4.57 Å². The first-order chi connectivity index (χ1) is 11.6. The molecule has 0 amide bonds. The van der Waals surface area contributed by atoms with Gasteiger partial charge >= 0.3 is 0 Å². The van der Waals surface area contributed by atoms with Gasteiger partial charge in [0.2, 0.25) is 0 Å². The van der Waals surface area contributed by atoms with Crippen LogP contribution < -0.4 is 0 Å². The van der Waals surface area contributed by atoms with Crippen molar-refractivity contribution in [3.63, 3.8) is 0 Å². The highest BCUT2D eigenvalue weighted by atomic mass is 15.3. The third kappa shape index (κ3) is 2.76. The van der Waals surface area contributed by atoms with Crippen molar-refractivity contribution in [1.82, 2.24) is 14.8 Å². The molecule has 2 aromatic carbocycles. The number of aromatic nitrogens is 3. The van der Waals surface area contributed by atoms with Crippen molar-refractivity contribution in [3.8, 4) is 23.5 Å². The van der Waals surface area contributed by atoms with Gasteiger partial charge in [-0.05, 0) is 43.7 Å². The summed E-state index contributed by atoms with van der Waals surface area (Å²) in [7, 11) is 0. The molecule has 0 aliphatic carbocycles. The Morgan fingerprint density at radius 3 is 2.33 bits per heavy atom. The van der Waals surface area contributed by atoms with E-state index in [-0.39, 0.29) is 6.04 Å². The summed E-state index contributed by atoms with van der Waals surface area (Å²) in [5.74, 6) is 1.52. The number of rotatable bonds is 3. The van der Waals surface area contributed by atoms with Crippen molar-refractivity contribution in [2.75, 3.05) is 0 Å². The second-order valence-electron chi connectivity index (χ2n) is 5.54. The summed E-state index contributed by atoms with van der Waals surface area (Å²) in [6.45, 7) is 3.97. The predicted octanol–water partition coefficient (Wildman–Crippen LogP) is 3.61. The lowest BCUT2D eigenvalue weighted by atomic mass is 10.1. The maximum atomic E-state index is 9.10. The molecule has 0 spiro atoms. The Morgan fingerprint density at radius 1 is 0.958 bits per heavy atom. The van der Waals surface area contributed by atoms with E-state index in [1.165, 1.54) is 0 Å². The highest BCUT2D eigenvalue weighted by Crippen LogP contribution is 2.27. The third-order valence-corrected chi connectivity index (χ3v) is 4.03. The molecule has 0 fully saturated rings. The van der Waals surface area contributed by atoms with Crippen molar-refractivity contribution < 1.29 is 0 Å². The molecular weight excluding hydrogens is 298 g/mol. The van der Waals surface area contributed by atoms with Crippen molar-refractivity contribution in [3.05, 3.63) is 71.0 Å². The first-order valence-corrected chi connectivity index (χ1v) is 7.56. The maximum absolute atomic E-state index is 9.10. The molecule has 1 atom stereocenters. The van der Waals surface area contributed by atoms with Crippen LogP contribution in [0.5, 0.6) is 0 Å². The number of hydrogen-bond donors (Lipinski definition) is 0. The van der Waals surface area contributed by atoms with E-state index in [1.54, 1.807) is 6.07 Å². The lowest BCUT2D eigenvalue weighted by Crippen LogP contribution is -2.10. The molecule has 0 radical (unpaired) electrons. The minimum Gasteiger partial charge on any atom is -0.304 e. The van der Waals surface area contributed by atoms with Gasteiger partial charge in [-0.25, -0.2) is 0 Å². The molecule has 0 bridgehead atoms. The van der Waals surface area contributed by atoms with Crippen LogP contribution in [0.25, 0.3) is 11.4 Å². The van der Waals surface area contributed by atoms with E-state index in [1.807, 2.05) is 54.0 Å². The molecule has 1 heterocycles. The highest BCUT2D eigenvalue weighted by molar-refractivity contribution is 5.58. The van der Waals surface area contributed by atoms with Crippen molar-refractivity contribution in [2.24, 2.45) is 0 Å². The molecule has 3 rings (SSSR count). The molecule has 24 heavy (non-hydrogen) atoms. The topological polar surface area (TPSA) is 78.3 Å². The second kappa shape index (κ2) is 6.36. The molecular formula is C19H15N5. The summed E-state index contributed by atoms with van der Waals surface area (Å²) in [6, 6.07) is 19.1. The summed E-state index contributed by atoms with van der Waals surface area (Å²) in [5.41, 5.74) is 3.14. The van der Waals surface area contributed by atoms with Crippen molar-refractivity contribution in [1.29, 1.82) is 10.5 Å². The Labute approximate surface area is 140 Å². The van der Waals surface area contributed by atoms with Crippen LogP contribution in [0.2, 0.25) is 0 Å². The lowest BCUT2D eigenvalue weighted by Gasteiger charge is -2.18. The van der Waals surface area contributed by atoms with Crippen molar-refractivity contribution in [2.45, 2.75) is 19.9 Å². The standard InChI is InChI=1S/C19H15N5/c1-13(17-8-6-15(11-20)7-9-17)24-14(2)22-23-19(24)18-5-3-4-16(10-18)12-21/h3-10,13H,1-2H3. The monoisotopic (exact) mass is 313 g/mol. The Hall–Kier alpha value is -3.44. The van der Waals surface area contributed by atoms with Gasteiger partial charge in [-0.3, -0.25) is 0 Å². The van der Waals surface area contributed by atoms with Crippen molar-refractivity contribution >= 4 is 0 Å². The van der Waals surface area contributed by atoms with Gasteiger partial charge in [0.1, 0.15) is 5.82 Å². The van der Waals surface area contributed by atoms with Gasteiger partial charge in [0, 0.05) is 5.56 Å². The molecule has 0 aliphatic heterocycles. The van der Waals surface area contributed by atoms with Crippen LogP contribution >= 0.6 is 0 Å². The zero-order valence-electron chi connectivity index (χ0n) is 13.4. The molecule has 0 aliphatic rings. The molecule has 0 N–H and O–H groups in total. The number of benzene rings is 2. The van der Waals surface area contributed by atoms with Crippen LogP contribution in [0.3, 0.4) is 0 Å². The first kappa shape index (κ1) is 15.5. The Morgan fingerprint density at radius 2 is 1.67 bits per heavy atom. The summed E-state index contributed by atoms with van der Waals surface area (Å²) in [4.78, 5) is 0. The van der Waals surface area contributed by atoms with Crippen LogP contribution in [-0.2, 0) is 0 Å². The molecule has 1 unspecified atom stereocenters. The van der Waals surface area contributed by atoms with Gasteiger partial charge in [0.05, 0.1) is 29.3 Å². The number of hydrogen-bond acceptors (Lipinski definition) is 4. The normalized spacial score (nSPS) is 11.5. The van der Waals surface area contributed by atoms with Gasteiger partial charge in [-0.2, -0.15) is 10.5 Å². The van der Waals surface area contributed by atoms with E-state index >= 15 is 0 Å². The van der Waals surface area contributed by atoms with E-state index < -0.39 is 0 Å². The van der Waals surface area contributed by atoms with Crippen LogP contribution in [0, 0.1) is 29.6 Å². The molecule has 5 nitrogen and oxygen atoms in total. The minimum atomic E-state index is 0.00786. The second-order valence-corrected chi connectivity index (χ2v) is 5.54. The van der Waals surface area contributed by atoms with Crippen LogP contribution in [0.15, 0.2) is 48.5 Å². The van der Waals surface area contributed by atoms with E-state index in [0.717, 1.165) is 22.8 Å². The number of nitrogens with zero attached hydrogens (tertiary/aromatic N) is 5. The zero-order chi connectivity index (χ0) is 17.1. The fourth-order valence-electron chi connectivity index (χ4n) is 2.74. The zero-order valence-corrected chi connectivity index (χ0v) is 13.4. The molecule has 1 aromatic heterocycles. The Bertz CT molecular complexity index is 955.